The smallest absolute Gasteiger partial charge is 0.550 e. The average molecular weight is 696 g/mol. The molecule has 0 bridgehead atoms. The fourth-order valence-electron chi connectivity index (χ4n) is 5.54. The number of benzene rings is 2. The molecule has 2 aromatic carbocycles. The predicted octanol–water partition coefficient (Wildman–Crippen LogP) is 6.10. The minimum atomic E-state index is -1.08. The number of aliphatic imine (C=N–C) groups is 2. The number of phenols is 2. The third-order valence-electron chi connectivity index (χ3n) is 7.49. The molecule has 8 nitrogen and oxygen atoms in total. The van der Waals surface area contributed by atoms with E-state index in [0.717, 1.165) is 74.6 Å². The van der Waals surface area contributed by atoms with E-state index in [2.05, 4.69) is 79.7 Å². The molecule has 0 amide bonds. The summed E-state index contributed by atoms with van der Waals surface area (Å²) in [4.78, 5) is 27.8. The molecular formula is C38H56CoN2O6. The first-order valence-corrected chi connectivity index (χ1v) is 16.6. The molecule has 0 spiro atoms. The van der Waals surface area contributed by atoms with Gasteiger partial charge in [0, 0.05) is 35.5 Å². The molecule has 9 heteroatoms. The Morgan fingerprint density at radius 1 is 0.702 bits per heavy atom. The second-order valence-electron chi connectivity index (χ2n) is 13.7. The first kappa shape index (κ1) is 43.8. The molecule has 1 fully saturated rings. The Morgan fingerprint density at radius 2 is 1.00 bits per heavy atom. The summed E-state index contributed by atoms with van der Waals surface area (Å²) in [7, 11) is 0. The summed E-state index contributed by atoms with van der Waals surface area (Å²) in [5, 5.41) is 39.8. The van der Waals surface area contributed by atoms with Crippen molar-refractivity contribution < 1.29 is 46.8 Å². The Labute approximate surface area is 293 Å². The third kappa shape index (κ3) is 16.5. The van der Waals surface area contributed by atoms with Crippen LogP contribution in [0.5, 0.6) is 11.5 Å². The van der Waals surface area contributed by atoms with Gasteiger partial charge >= 0.3 is 16.8 Å². The van der Waals surface area contributed by atoms with Crippen molar-refractivity contribution in [1.29, 1.82) is 0 Å². The molecular weight excluding hydrogens is 639 g/mol. The topological polar surface area (TPSA) is 145 Å². The molecule has 263 valence electrons. The molecule has 2 aromatic rings. The number of carbonyl (C=O) groups is 2. The van der Waals surface area contributed by atoms with Crippen LogP contribution in [0.25, 0.3) is 0 Å². The molecule has 1 aliphatic rings. The van der Waals surface area contributed by atoms with Crippen molar-refractivity contribution in [3.8, 4) is 11.5 Å². The van der Waals surface area contributed by atoms with E-state index < -0.39 is 11.9 Å². The first-order chi connectivity index (χ1) is 21.4. The van der Waals surface area contributed by atoms with E-state index in [9.17, 15) is 10.2 Å². The molecule has 0 aliphatic heterocycles. The van der Waals surface area contributed by atoms with Crippen molar-refractivity contribution in [3.63, 3.8) is 0 Å². The maximum atomic E-state index is 11.0. The second-order valence-corrected chi connectivity index (χ2v) is 13.7. The number of carboxylic acids is 2. The summed E-state index contributed by atoms with van der Waals surface area (Å²) in [6, 6.07) is 8.63. The van der Waals surface area contributed by atoms with Gasteiger partial charge in [-0.2, -0.15) is 0 Å². The number of nitrogens with zero attached hydrogens (tertiary/aromatic N) is 2. The van der Waals surface area contributed by atoms with E-state index in [1.807, 2.05) is 12.4 Å². The third-order valence-corrected chi connectivity index (χ3v) is 7.49. The van der Waals surface area contributed by atoms with Crippen molar-refractivity contribution >= 4 is 24.4 Å². The molecule has 1 radical (unpaired) electrons. The first-order valence-electron chi connectivity index (χ1n) is 16.6. The summed E-state index contributed by atoms with van der Waals surface area (Å²) < 4.78 is 0. The Hall–Kier alpha value is -3.17. The van der Waals surface area contributed by atoms with Gasteiger partial charge in [-0.1, -0.05) is 80.4 Å². The molecule has 0 saturated heterocycles. The Bertz CT molecular complexity index is 1220. The largest absolute Gasteiger partial charge is 2.00 e. The maximum Gasteiger partial charge on any atom is 2.00 e. The number of aromatic hydroxyl groups is 2. The number of hydrogen-bond donors (Lipinski definition) is 2. The van der Waals surface area contributed by atoms with Crippen LogP contribution in [0.15, 0.2) is 34.3 Å². The van der Waals surface area contributed by atoms with Crippen LogP contribution in [0.2, 0.25) is 0 Å². The van der Waals surface area contributed by atoms with Gasteiger partial charge in [-0.25, -0.2) is 0 Å². The Morgan fingerprint density at radius 3 is 1.26 bits per heavy atom. The normalized spacial score (nSPS) is 16.2. The second kappa shape index (κ2) is 21.7. The number of hydrogen-bond acceptors (Lipinski definition) is 8. The van der Waals surface area contributed by atoms with Crippen molar-refractivity contribution in [2.24, 2.45) is 21.8 Å². The van der Waals surface area contributed by atoms with Crippen LogP contribution >= 0.6 is 0 Å². The predicted molar refractivity (Wildman–Crippen MR) is 184 cm³/mol. The van der Waals surface area contributed by atoms with Gasteiger partial charge in [0.25, 0.3) is 0 Å². The number of phenolic OH excluding ortho intramolecular Hbond substituents is 2. The quantitative estimate of drug-likeness (QED) is 0.288. The Balaban J connectivity index is 0.00000211. The number of rotatable bonds is 10. The molecule has 1 aliphatic carbocycles. The van der Waals surface area contributed by atoms with Crippen LogP contribution in [-0.4, -0.2) is 46.7 Å². The summed E-state index contributed by atoms with van der Waals surface area (Å²) in [5.74, 6) is 0.119. The molecule has 3 rings (SSSR count). The van der Waals surface area contributed by atoms with Gasteiger partial charge in [0.15, 0.2) is 0 Å². The SMILES string of the molecule is CC(=O)[O-].CC(=O)[O-].CC(C)Cc1cc(C=NC2CCCCC2N=Cc2cc(CC(C)C)cc(C(C)C)c2O)c(O)c(C(C)C)c1.[Co+2]. The van der Waals surface area contributed by atoms with E-state index in [-0.39, 0.29) is 40.7 Å². The molecule has 2 N–H and O–H groups in total. The molecule has 0 heterocycles. The van der Waals surface area contributed by atoms with Crippen molar-refractivity contribution in [3.05, 3.63) is 57.6 Å². The molecule has 2 atom stereocenters. The van der Waals surface area contributed by atoms with Gasteiger partial charge in [0.2, 0.25) is 0 Å². The van der Waals surface area contributed by atoms with Crippen molar-refractivity contribution in [2.75, 3.05) is 0 Å². The molecule has 1 saturated carbocycles. The van der Waals surface area contributed by atoms with Gasteiger partial charge in [-0.15, -0.1) is 0 Å². The minimum absolute atomic E-state index is 0. The van der Waals surface area contributed by atoms with Gasteiger partial charge in [0.1, 0.15) is 11.5 Å². The zero-order chi connectivity index (χ0) is 35.1. The van der Waals surface area contributed by atoms with E-state index in [4.69, 9.17) is 29.8 Å². The minimum Gasteiger partial charge on any atom is -0.550 e. The van der Waals surface area contributed by atoms with Crippen LogP contribution in [0, 0.1) is 11.8 Å². The number of carboxylic acid groups (broad SMARTS) is 2. The summed E-state index contributed by atoms with van der Waals surface area (Å²) in [6.07, 6.45) is 9.96. The molecule has 2 unspecified atom stereocenters. The zero-order valence-electron chi connectivity index (χ0n) is 29.9. The molecule has 0 aromatic heterocycles. The molecule has 47 heavy (non-hydrogen) atoms. The van der Waals surface area contributed by atoms with Crippen LogP contribution < -0.4 is 10.2 Å². The fraction of sp³-hybridized carbons (Fsp3) is 0.579. The van der Waals surface area contributed by atoms with Gasteiger partial charge in [0.05, 0.1) is 12.1 Å². The number of carbonyl (C=O) groups excluding carboxylic acids is 2. The zero-order valence-corrected chi connectivity index (χ0v) is 31.0. The van der Waals surface area contributed by atoms with Crippen LogP contribution in [-0.2, 0) is 39.2 Å². The standard InChI is InChI=1S/C34H50N2O2.2C2H4O2.Co/c1-21(2)13-25-15-27(33(37)29(17-25)23(5)6)19-35-31-11-9-10-12-32(31)36-20-28-16-26(14-22(3)4)18-30(24(7)8)34(28)38;2*1-2(3)4;/h15-24,31-32,37-38H,9-14H2,1-8H3;2*1H3,(H,3,4);/q;;;+2/p-2. The van der Waals surface area contributed by atoms with E-state index in [1.165, 1.54) is 11.1 Å². The van der Waals surface area contributed by atoms with E-state index in [0.29, 0.717) is 23.3 Å². The van der Waals surface area contributed by atoms with Crippen LogP contribution in [0.4, 0.5) is 0 Å². The van der Waals surface area contributed by atoms with Crippen molar-refractivity contribution in [2.45, 2.75) is 132 Å². The van der Waals surface area contributed by atoms with Gasteiger partial charge in [-0.3, -0.25) is 9.98 Å². The van der Waals surface area contributed by atoms with Crippen molar-refractivity contribution in [1.82, 2.24) is 0 Å². The monoisotopic (exact) mass is 695 g/mol. The maximum absolute atomic E-state index is 11.0. The van der Waals surface area contributed by atoms with Gasteiger partial charge in [-0.05, 0) is 97.6 Å². The van der Waals surface area contributed by atoms with Gasteiger partial charge < -0.3 is 30.0 Å². The number of aliphatic carboxylic acids is 2. The van der Waals surface area contributed by atoms with Crippen LogP contribution in [0.1, 0.15) is 140 Å². The summed E-state index contributed by atoms with van der Waals surface area (Å²) in [6.45, 7) is 19.3. The summed E-state index contributed by atoms with van der Waals surface area (Å²) >= 11 is 0. The Kier molecular flexibility index (Phi) is 20.2. The average Bonchev–Trinajstić information content (AvgIpc) is 2.92. The van der Waals surface area contributed by atoms with E-state index >= 15 is 0 Å². The fourth-order valence-corrected chi connectivity index (χ4v) is 5.54. The summed E-state index contributed by atoms with van der Waals surface area (Å²) in [5.41, 5.74) is 6.08. The van der Waals surface area contributed by atoms with Crippen LogP contribution in [0.3, 0.4) is 0 Å². The van der Waals surface area contributed by atoms with E-state index in [1.54, 1.807) is 0 Å².